The zero-order valence-corrected chi connectivity index (χ0v) is 12.2. The number of hydrogen-bond acceptors (Lipinski definition) is 5. The van der Waals surface area contributed by atoms with E-state index in [2.05, 4.69) is 29.4 Å². The van der Waals surface area contributed by atoms with E-state index in [-0.39, 0.29) is 6.61 Å². The Kier molecular flexibility index (Phi) is 8.00. The summed E-state index contributed by atoms with van der Waals surface area (Å²) in [5, 5.41) is 13.3. The molecule has 19 heavy (non-hydrogen) atoms. The van der Waals surface area contributed by atoms with Gasteiger partial charge in [0.2, 0.25) is 0 Å². The maximum atomic E-state index is 11.8. The van der Waals surface area contributed by atoms with Crippen LogP contribution < -0.4 is 5.32 Å². The second-order valence-corrected chi connectivity index (χ2v) is 5.66. The lowest BCUT2D eigenvalue weighted by Crippen LogP contribution is -2.23. The molecule has 0 unspecified atom stereocenters. The first-order valence-electron chi connectivity index (χ1n) is 6.48. The van der Waals surface area contributed by atoms with Gasteiger partial charge in [0.1, 0.15) is 16.6 Å². The summed E-state index contributed by atoms with van der Waals surface area (Å²) in [6.45, 7) is 4.95. The van der Waals surface area contributed by atoms with Crippen LogP contribution in [0.25, 0.3) is 0 Å². The van der Waals surface area contributed by atoms with Gasteiger partial charge in [0.15, 0.2) is 0 Å². The molecule has 1 heterocycles. The number of halogens is 2. The summed E-state index contributed by atoms with van der Waals surface area (Å²) in [6.07, 6.45) is 0.0666. The van der Waals surface area contributed by atoms with Gasteiger partial charge in [-0.05, 0) is 13.0 Å². The normalized spacial score (nSPS) is 11.7. The van der Waals surface area contributed by atoms with Crippen molar-refractivity contribution >= 4 is 11.3 Å². The van der Waals surface area contributed by atoms with Gasteiger partial charge in [0.25, 0.3) is 6.43 Å². The maximum absolute atomic E-state index is 11.8. The van der Waals surface area contributed by atoms with Crippen LogP contribution in [0.5, 0.6) is 0 Å². The van der Waals surface area contributed by atoms with Gasteiger partial charge in [-0.2, -0.15) is 0 Å². The molecule has 110 valence electrons. The lowest BCUT2D eigenvalue weighted by Gasteiger charge is -2.05. The van der Waals surface area contributed by atoms with Gasteiger partial charge in [0, 0.05) is 18.9 Å². The van der Waals surface area contributed by atoms with Crippen LogP contribution in [0, 0.1) is 0 Å². The number of rotatable bonds is 10. The molecule has 0 bridgehead atoms. The minimum Gasteiger partial charge on any atom is -0.375 e. The van der Waals surface area contributed by atoms with Gasteiger partial charge in [0.05, 0.1) is 6.61 Å². The Morgan fingerprint density at radius 2 is 1.89 bits per heavy atom. The number of aromatic nitrogens is 2. The summed E-state index contributed by atoms with van der Waals surface area (Å²) in [7, 11) is 0. The molecular formula is C12H21F2N3OS. The Bertz CT molecular complexity index is 317. The number of alkyl halides is 2. The predicted octanol–water partition coefficient (Wildman–Crippen LogP) is 2.29. The Morgan fingerprint density at radius 1 is 1.21 bits per heavy atom. The van der Waals surface area contributed by atoms with E-state index in [4.69, 9.17) is 4.74 Å². The molecule has 4 nitrogen and oxygen atoms in total. The zero-order chi connectivity index (χ0) is 14.1. The van der Waals surface area contributed by atoms with Crippen molar-refractivity contribution in [3.8, 4) is 0 Å². The molecular weight excluding hydrogens is 272 g/mol. The van der Waals surface area contributed by atoms with Crippen LogP contribution in [-0.2, 0) is 17.6 Å². The number of hydrogen-bond donors (Lipinski definition) is 1. The molecule has 0 aliphatic carbocycles. The standard InChI is InChI=1S/C12H21F2N3OS/c1-9(2)15-6-3-4-11-16-17-12(19-11)5-7-18-8-10(13)14/h9-10,15H,3-8H2,1-2H3. The second-order valence-electron chi connectivity index (χ2n) is 4.52. The van der Waals surface area contributed by atoms with E-state index in [1.165, 1.54) is 11.3 Å². The fourth-order valence-electron chi connectivity index (χ4n) is 1.45. The van der Waals surface area contributed by atoms with E-state index >= 15 is 0 Å². The molecule has 0 fully saturated rings. The van der Waals surface area contributed by atoms with Crippen molar-refractivity contribution in [3.05, 3.63) is 10.0 Å². The molecule has 0 aromatic carbocycles. The summed E-state index contributed by atoms with van der Waals surface area (Å²) in [5.41, 5.74) is 0. The third kappa shape index (κ3) is 8.18. The molecule has 0 spiro atoms. The maximum Gasteiger partial charge on any atom is 0.261 e. The number of nitrogens with zero attached hydrogens (tertiary/aromatic N) is 2. The van der Waals surface area contributed by atoms with Gasteiger partial charge < -0.3 is 10.1 Å². The van der Waals surface area contributed by atoms with Gasteiger partial charge in [-0.1, -0.05) is 13.8 Å². The van der Waals surface area contributed by atoms with Gasteiger partial charge in [-0.25, -0.2) is 8.78 Å². The Balaban J connectivity index is 2.14. The average molecular weight is 293 g/mol. The van der Waals surface area contributed by atoms with Crippen LogP contribution in [0.2, 0.25) is 0 Å². The topological polar surface area (TPSA) is 47.0 Å². The van der Waals surface area contributed by atoms with E-state index < -0.39 is 13.0 Å². The first kappa shape index (κ1) is 16.4. The van der Waals surface area contributed by atoms with Crippen molar-refractivity contribution in [2.24, 2.45) is 0 Å². The third-order valence-electron chi connectivity index (χ3n) is 2.33. The van der Waals surface area contributed by atoms with Crippen LogP contribution in [0.15, 0.2) is 0 Å². The van der Waals surface area contributed by atoms with Crippen LogP contribution >= 0.6 is 11.3 Å². The highest BCUT2D eigenvalue weighted by molar-refractivity contribution is 7.11. The van der Waals surface area contributed by atoms with Crippen LogP contribution in [0.1, 0.15) is 30.3 Å². The second kappa shape index (κ2) is 9.28. The molecule has 1 aromatic rings. The van der Waals surface area contributed by atoms with E-state index in [1.54, 1.807) is 0 Å². The highest BCUT2D eigenvalue weighted by Crippen LogP contribution is 2.12. The minimum atomic E-state index is -2.40. The first-order valence-corrected chi connectivity index (χ1v) is 7.30. The number of ether oxygens (including phenoxy) is 1. The van der Waals surface area contributed by atoms with E-state index in [0.29, 0.717) is 12.5 Å². The Morgan fingerprint density at radius 3 is 2.53 bits per heavy atom. The minimum absolute atomic E-state index is 0.272. The average Bonchev–Trinajstić information content (AvgIpc) is 2.78. The largest absolute Gasteiger partial charge is 0.375 e. The lowest BCUT2D eigenvalue weighted by molar-refractivity contribution is 0.0186. The first-order chi connectivity index (χ1) is 9.08. The molecule has 0 aliphatic heterocycles. The molecule has 0 aliphatic rings. The highest BCUT2D eigenvalue weighted by Gasteiger charge is 2.06. The molecule has 0 atom stereocenters. The fourth-order valence-corrected chi connectivity index (χ4v) is 2.32. The quantitative estimate of drug-likeness (QED) is 0.672. The Labute approximate surface area is 116 Å². The van der Waals surface area contributed by atoms with Crippen molar-refractivity contribution in [1.29, 1.82) is 0 Å². The lowest BCUT2D eigenvalue weighted by atomic mass is 10.3. The summed E-state index contributed by atoms with van der Waals surface area (Å²) < 4.78 is 28.5. The summed E-state index contributed by atoms with van der Waals surface area (Å²) in [4.78, 5) is 0. The van der Waals surface area contributed by atoms with E-state index in [0.717, 1.165) is 29.4 Å². The highest BCUT2D eigenvalue weighted by atomic mass is 32.1. The molecule has 0 saturated carbocycles. The molecule has 0 radical (unpaired) electrons. The monoisotopic (exact) mass is 293 g/mol. The molecule has 1 aromatic heterocycles. The molecule has 1 rings (SSSR count). The van der Waals surface area contributed by atoms with Crippen LogP contribution in [0.3, 0.4) is 0 Å². The summed E-state index contributed by atoms with van der Waals surface area (Å²) >= 11 is 1.53. The third-order valence-corrected chi connectivity index (χ3v) is 3.38. The molecule has 0 amide bonds. The van der Waals surface area contributed by atoms with Gasteiger partial charge in [-0.15, -0.1) is 21.5 Å². The molecule has 7 heteroatoms. The van der Waals surface area contributed by atoms with Crippen LogP contribution in [-0.4, -0.2) is 42.4 Å². The van der Waals surface area contributed by atoms with Crippen molar-refractivity contribution in [3.63, 3.8) is 0 Å². The smallest absolute Gasteiger partial charge is 0.261 e. The number of nitrogens with one attached hydrogen (secondary N) is 1. The van der Waals surface area contributed by atoms with E-state index in [1.807, 2.05) is 0 Å². The van der Waals surface area contributed by atoms with E-state index in [9.17, 15) is 8.78 Å². The predicted molar refractivity (Wildman–Crippen MR) is 71.9 cm³/mol. The van der Waals surface area contributed by atoms with Crippen molar-refractivity contribution in [2.45, 2.75) is 45.6 Å². The van der Waals surface area contributed by atoms with Gasteiger partial charge >= 0.3 is 0 Å². The fraction of sp³-hybridized carbons (Fsp3) is 0.833. The van der Waals surface area contributed by atoms with Crippen molar-refractivity contribution in [1.82, 2.24) is 15.5 Å². The summed E-state index contributed by atoms with van der Waals surface area (Å²) in [6, 6.07) is 0.497. The van der Waals surface area contributed by atoms with Gasteiger partial charge in [-0.3, -0.25) is 0 Å². The molecule has 1 N–H and O–H groups in total. The Hall–Kier alpha value is -0.660. The number of aryl methyl sites for hydroxylation is 1. The molecule has 0 saturated heterocycles. The zero-order valence-electron chi connectivity index (χ0n) is 11.4. The van der Waals surface area contributed by atoms with Crippen molar-refractivity contribution < 1.29 is 13.5 Å². The van der Waals surface area contributed by atoms with Crippen LogP contribution in [0.4, 0.5) is 8.78 Å². The SMILES string of the molecule is CC(C)NCCCc1nnc(CCOCC(F)F)s1. The summed E-state index contributed by atoms with van der Waals surface area (Å²) in [5.74, 6) is 0. The van der Waals surface area contributed by atoms with Crippen molar-refractivity contribution in [2.75, 3.05) is 19.8 Å².